The number of anilines is 1. The normalized spacial score (nSPS) is 10.9. The number of hydrogen-bond donors (Lipinski definition) is 1. The summed E-state index contributed by atoms with van der Waals surface area (Å²) in [6.45, 7) is 9.05. The molecule has 0 amide bonds. The quantitative estimate of drug-likeness (QED) is 0.796. The van der Waals surface area contributed by atoms with Crippen molar-refractivity contribution in [3.8, 4) is 0 Å². The Morgan fingerprint density at radius 3 is 2.59 bits per heavy atom. The van der Waals surface area contributed by atoms with Crippen LogP contribution >= 0.6 is 0 Å². The number of esters is 1. The fourth-order valence-corrected chi connectivity index (χ4v) is 1.70. The lowest BCUT2D eigenvalue weighted by atomic mass is 10.2. The standard InChI is InChI=1S/C12H21N3O2/c1-5-9-14-10(12(16)17-6-2)11(13)15(9)7-8(3)4/h8H,5-7,13H2,1-4H3. The molecule has 0 fully saturated rings. The first-order valence-electron chi connectivity index (χ1n) is 6.03. The summed E-state index contributed by atoms with van der Waals surface area (Å²) >= 11 is 0. The third-order valence-electron chi connectivity index (χ3n) is 2.42. The van der Waals surface area contributed by atoms with Crippen molar-refractivity contribution in [2.24, 2.45) is 5.92 Å². The van der Waals surface area contributed by atoms with Gasteiger partial charge in [0.1, 0.15) is 11.6 Å². The number of ether oxygens (including phenoxy) is 1. The Balaban J connectivity index is 3.09. The number of aromatic nitrogens is 2. The first kappa shape index (κ1) is 13.5. The van der Waals surface area contributed by atoms with Crippen molar-refractivity contribution in [1.29, 1.82) is 0 Å². The van der Waals surface area contributed by atoms with E-state index >= 15 is 0 Å². The second kappa shape index (κ2) is 5.70. The molecule has 1 aromatic rings. The van der Waals surface area contributed by atoms with Crippen LogP contribution in [0.1, 0.15) is 44.0 Å². The highest BCUT2D eigenvalue weighted by molar-refractivity contribution is 5.92. The number of carbonyl (C=O) groups excluding carboxylic acids is 1. The van der Waals surface area contributed by atoms with Gasteiger partial charge in [0.05, 0.1) is 6.61 Å². The van der Waals surface area contributed by atoms with Gasteiger partial charge in [-0.15, -0.1) is 0 Å². The third-order valence-corrected chi connectivity index (χ3v) is 2.42. The Hall–Kier alpha value is -1.52. The largest absolute Gasteiger partial charge is 0.461 e. The van der Waals surface area contributed by atoms with Gasteiger partial charge in [0, 0.05) is 13.0 Å². The summed E-state index contributed by atoms with van der Waals surface area (Å²) in [5.74, 6) is 1.25. The summed E-state index contributed by atoms with van der Waals surface area (Å²) in [6, 6.07) is 0. The molecule has 96 valence electrons. The zero-order valence-electron chi connectivity index (χ0n) is 11.0. The molecule has 1 rings (SSSR count). The van der Waals surface area contributed by atoms with Crippen LogP contribution < -0.4 is 5.73 Å². The van der Waals surface area contributed by atoms with E-state index in [9.17, 15) is 4.79 Å². The molecule has 0 bridgehead atoms. The van der Waals surface area contributed by atoms with E-state index in [0.29, 0.717) is 18.3 Å². The number of imidazole rings is 1. The summed E-state index contributed by atoms with van der Waals surface area (Å²) in [5, 5.41) is 0. The molecule has 0 radical (unpaired) electrons. The van der Waals surface area contributed by atoms with Crippen LogP contribution in [0, 0.1) is 5.92 Å². The Morgan fingerprint density at radius 2 is 2.12 bits per heavy atom. The molecule has 0 saturated heterocycles. The highest BCUT2D eigenvalue weighted by atomic mass is 16.5. The topological polar surface area (TPSA) is 70.1 Å². The molecule has 5 nitrogen and oxygen atoms in total. The Labute approximate surface area is 102 Å². The number of aryl methyl sites for hydroxylation is 1. The molecule has 0 saturated carbocycles. The first-order valence-corrected chi connectivity index (χ1v) is 6.03. The summed E-state index contributed by atoms with van der Waals surface area (Å²) < 4.78 is 6.83. The maximum absolute atomic E-state index is 11.7. The smallest absolute Gasteiger partial charge is 0.360 e. The average Bonchev–Trinajstić information content (AvgIpc) is 2.56. The number of carbonyl (C=O) groups is 1. The second-order valence-electron chi connectivity index (χ2n) is 4.34. The minimum atomic E-state index is -0.442. The molecule has 0 aliphatic heterocycles. The van der Waals surface area contributed by atoms with Crippen molar-refractivity contribution in [3.05, 3.63) is 11.5 Å². The van der Waals surface area contributed by atoms with Gasteiger partial charge in [-0.1, -0.05) is 20.8 Å². The number of rotatable bonds is 5. The predicted octanol–water partition coefficient (Wildman–Crippen LogP) is 1.86. The minimum absolute atomic E-state index is 0.240. The van der Waals surface area contributed by atoms with Gasteiger partial charge in [0.15, 0.2) is 5.69 Å². The maximum atomic E-state index is 11.7. The van der Waals surface area contributed by atoms with Crippen molar-refractivity contribution < 1.29 is 9.53 Å². The zero-order chi connectivity index (χ0) is 13.0. The molecular formula is C12H21N3O2. The van der Waals surface area contributed by atoms with Crippen LogP contribution in [0.2, 0.25) is 0 Å². The average molecular weight is 239 g/mol. The summed E-state index contributed by atoms with van der Waals surface area (Å²) in [7, 11) is 0. The molecule has 0 aromatic carbocycles. The molecule has 0 atom stereocenters. The molecule has 2 N–H and O–H groups in total. The Morgan fingerprint density at radius 1 is 1.47 bits per heavy atom. The lowest BCUT2D eigenvalue weighted by Crippen LogP contribution is -2.12. The monoisotopic (exact) mass is 239 g/mol. The number of nitrogens with two attached hydrogens (primary N) is 1. The van der Waals surface area contributed by atoms with E-state index < -0.39 is 5.97 Å². The summed E-state index contributed by atoms with van der Waals surface area (Å²) in [5.41, 5.74) is 6.20. The van der Waals surface area contributed by atoms with Gasteiger partial charge in [-0.2, -0.15) is 0 Å². The van der Waals surface area contributed by atoms with E-state index in [1.165, 1.54) is 0 Å². The molecule has 0 spiro atoms. The fraction of sp³-hybridized carbons (Fsp3) is 0.667. The SMILES string of the molecule is CCOC(=O)c1nc(CC)n(CC(C)C)c1N. The van der Waals surface area contributed by atoms with Gasteiger partial charge < -0.3 is 15.0 Å². The molecule has 0 unspecified atom stereocenters. The first-order chi connectivity index (χ1) is 8.01. The van der Waals surface area contributed by atoms with Crippen molar-refractivity contribution in [1.82, 2.24) is 9.55 Å². The number of nitrogens with zero attached hydrogens (tertiary/aromatic N) is 2. The van der Waals surface area contributed by atoms with Gasteiger partial charge in [-0.3, -0.25) is 0 Å². The molecule has 1 heterocycles. The highest BCUT2D eigenvalue weighted by Gasteiger charge is 2.20. The van der Waals surface area contributed by atoms with Crippen molar-refractivity contribution in [3.63, 3.8) is 0 Å². The molecular weight excluding hydrogens is 218 g/mol. The van der Waals surface area contributed by atoms with E-state index in [1.807, 2.05) is 11.5 Å². The van der Waals surface area contributed by atoms with E-state index in [0.717, 1.165) is 18.8 Å². The van der Waals surface area contributed by atoms with Crippen molar-refractivity contribution >= 4 is 11.8 Å². The van der Waals surface area contributed by atoms with E-state index in [4.69, 9.17) is 10.5 Å². The Bertz CT molecular complexity index is 397. The Kier molecular flexibility index (Phi) is 4.54. The van der Waals surface area contributed by atoms with Crippen LogP contribution in [-0.2, 0) is 17.7 Å². The predicted molar refractivity (Wildman–Crippen MR) is 66.8 cm³/mol. The van der Waals surface area contributed by atoms with Crippen LogP contribution in [0.3, 0.4) is 0 Å². The van der Waals surface area contributed by atoms with Crippen LogP contribution in [-0.4, -0.2) is 22.1 Å². The lowest BCUT2D eigenvalue weighted by Gasteiger charge is -2.11. The van der Waals surface area contributed by atoms with Gasteiger partial charge in [0.25, 0.3) is 0 Å². The fourth-order valence-electron chi connectivity index (χ4n) is 1.70. The van der Waals surface area contributed by atoms with Crippen LogP contribution in [0.25, 0.3) is 0 Å². The lowest BCUT2D eigenvalue weighted by molar-refractivity contribution is 0.0521. The summed E-state index contributed by atoms with van der Waals surface area (Å²) in [6.07, 6.45) is 0.746. The van der Waals surface area contributed by atoms with Gasteiger partial charge in [-0.25, -0.2) is 9.78 Å². The second-order valence-corrected chi connectivity index (χ2v) is 4.34. The third kappa shape index (κ3) is 2.99. The van der Waals surface area contributed by atoms with Crippen LogP contribution in [0.5, 0.6) is 0 Å². The highest BCUT2D eigenvalue weighted by Crippen LogP contribution is 2.18. The van der Waals surface area contributed by atoms with Crippen molar-refractivity contribution in [2.75, 3.05) is 12.3 Å². The zero-order valence-corrected chi connectivity index (χ0v) is 11.0. The number of hydrogen-bond acceptors (Lipinski definition) is 4. The van der Waals surface area contributed by atoms with E-state index in [-0.39, 0.29) is 5.69 Å². The van der Waals surface area contributed by atoms with Gasteiger partial charge in [-0.05, 0) is 12.8 Å². The minimum Gasteiger partial charge on any atom is -0.461 e. The molecule has 0 aliphatic carbocycles. The van der Waals surface area contributed by atoms with E-state index in [2.05, 4.69) is 18.8 Å². The van der Waals surface area contributed by atoms with E-state index in [1.54, 1.807) is 6.92 Å². The van der Waals surface area contributed by atoms with Crippen molar-refractivity contribution in [2.45, 2.75) is 40.7 Å². The molecule has 5 heteroatoms. The number of nitrogen functional groups attached to an aromatic ring is 1. The van der Waals surface area contributed by atoms with Crippen LogP contribution in [0.4, 0.5) is 5.82 Å². The molecule has 17 heavy (non-hydrogen) atoms. The van der Waals surface area contributed by atoms with Crippen LogP contribution in [0.15, 0.2) is 0 Å². The molecule has 0 aliphatic rings. The summed E-state index contributed by atoms with van der Waals surface area (Å²) in [4.78, 5) is 15.9. The molecule has 1 aromatic heterocycles. The van der Waals surface area contributed by atoms with Gasteiger partial charge in [0.2, 0.25) is 0 Å². The van der Waals surface area contributed by atoms with Gasteiger partial charge >= 0.3 is 5.97 Å². The maximum Gasteiger partial charge on any atom is 0.360 e.